The van der Waals surface area contributed by atoms with E-state index in [9.17, 15) is 19.2 Å². The lowest BCUT2D eigenvalue weighted by Crippen LogP contribution is -2.35. The Labute approximate surface area is 184 Å². The summed E-state index contributed by atoms with van der Waals surface area (Å²) in [5.74, 6) is -0.723. The number of hydrogen-bond acceptors (Lipinski definition) is 6. The number of carbonyl (C=O) groups is 1. The van der Waals surface area contributed by atoms with Crippen LogP contribution in [0.2, 0.25) is 0 Å². The maximum absolute atomic E-state index is 13.1. The average molecular weight is 439 g/mol. The third-order valence-electron chi connectivity index (χ3n) is 5.94. The van der Waals surface area contributed by atoms with Gasteiger partial charge in [0.05, 0.1) is 23.2 Å². The molecule has 32 heavy (non-hydrogen) atoms. The Morgan fingerprint density at radius 1 is 1.44 bits per heavy atom. The summed E-state index contributed by atoms with van der Waals surface area (Å²) in [6.07, 6.45) is 5.97. The zero-order valence-electron chi connectivity index (χ0n) is 18.2. The van der Waals surface area contributed by atoms with Gasteiger partial charge in [-0.2, -0.15) is 0 Å². The van der Waals surface area contributed by atoms with Crippen LogP contribution in [0.3, 0.4) is 0 Å². The van der Waals surface area contributed by atoms with Crippen LogP contribution in [-0.4, -0.2) is 38.6 Å². The zero-order valence-corrected chi connectivity index (χ0v) is 18.2. The number of hydrogen-bond donors (Lipinski definition) is 3. The number of rotatable bonds is 6. The summed E-state index contributed by atoms with van der Waals surface area (Å²) < 4.78 is 14.6. The van der Waals surface area contributed by atoms with Gasteiger partial charge in [0, 0.05) is 42.0 Å². The molecule has 1 saturated carbocycles. The van der Waals surface area contributed by atoms with Crippen molar-refractivity contribution in [1.82, 2.24) is 14.9 Å². The van der Waals surface area contributed by atoms with E-state index in [1.807, 2.05) is 19.9 Å². The quantitative estimate of drug-likeness (QED) is 0.364. The summed E-state index contributed by atoms with van der Waals surface area (Å²) in [5, 5.41) is 19.3. The predicted octanol–water partition coefficient (Wildman–Crippen LogP) is 3.12. The smallest absolute Gasteiger partial charge is 0.258 e. The van der Waals surface area contributed by atoms with Gasteiger partial charge in [0.15, 0.2) is 0 Å². The van der Waals surface area contributed by atoms with E-state index < -0.39 is 18.0 Å². The lowest BCUT2D eigenvalue weighted by molar-refractivity contribution is -0.117. The number of anilines is 1. The topological polar surface area (TPSA) is 109 Å². The van der Waals surface area contributed by atoms with Crippen molar-refractivity contribution in [3.63, 3.8) is 0 Å². The second-order valence-electron chi connectivity index (χ2n) is 8.29. The normalized spacial score (nSPS) is 22.8. The minimum atomic E-state index is -1.09. The van der Waals surface area contributed by atoms with E-state index in [0.717, 1.165) is 23.0 Å². The Hall–Kier alpha value is -3.49. The van der Waals surface area contributed by atoms with Gasteiger partial charge in [-0.15, -0.1) is 0 Å². The predicted molar refractivity (Wildman–Crippen MR) is 121 cm³/mol. The van der Waals surface area contributed by atoms with E-state index in [4.69, 9.17) is 0 Å². The standard InChI is InChI=1S/C23H26FN5O3/c1-4-5-18(28-32)19-6-12(2)16(11-25-19)14-7-13-10-26-21(9-20(13)29(3)23(14)31)27-22(30)15-8-17(15)24/h6-7,9-11,15,17,19,25,32H,4-5,8H2,1-3H3,(H,26,27,30)/b28-18+. The van der Waals surface area contributed by atoms with Gasteiger partial charge in [-0.1, -0.05) is 24.6 Å². The van der Waals surface area contributed by atoms with Crippen LogP contribution >= 0.6 is 0 Å². The van der Waals surface area contributed by atoms with Crippen LogP contribution in [0.1, 0.15) is 38.7 Å². The zero-order chi connectivity index (χ0) is 23.0. The molecule has 0 aromatic carbocycles. The van der Waals surface area contributed by atoms with Crippen molar-refractivity contribution in [3.05, 3.63) is 52.1 Å². The maximum Gasteiger partial charge on any atom is 0.258 e. The van der Waals surface area contributed by atoms with E-state index in [-0.39, 0.29) is 23.8 Å². The fraction of sp³-hybridized carbons (Fsp3) is 0.391. The second-order valence-corrected chi connectivity index (χ2v) is 8.29. The Balaban J connectivity index is 1.64. The van der Waals surface area contributed by atoms with Crippen LogP contribution in [0.4, 0.5) is 10.2 Å². The monoisotopic (exact) mass is 439 g/mol. The summed E-state index contributed by atoms with van der Waals surface area (Å²) in [4.78, 5) is 29.4. The van der Waals surface area contributed by atoms with Crippen molar-refractivity contribution in [2.75, 3.05) is 5.32 Å². The number of carbonyl (C=O) groups excluding carboxylic acids is 1. The lowest BCUT2D eigenvalue weighted by Gasteiger charge is -2.23. The molecule has 8 nitrogen and oxygen atoms in total. The van der Waals surface area contributed by atoms with E-state index in [1.54, 1.807) is 31.6 Å². The maximum atomic E-state index is 13.1. The highest BCUT2D eigenvalue weighted by molar-refractivity contribution is 5.96. The Kier molecular flexibility index (Phi) is 5.82. The number of aromatic nitrogens is 2. The molecule has 3 N–H and O–H groups in total. The highest BCUT2D eigenvalue weighted by atomic mass is 19.1. The van der Waals surface area contributed by atoms with E-state index in [0.29, 0.717) is 23.2 Å². The van der Waals surface area contributed by atoms with Gasteiger partial charge in [0.2, 0.25) is 5.91 Å². The SMILES string of the molecule is CCC/C(=N\O)C1C=C(C)C(c2cc3cnc(NC(=O)C4CC4F)cc3n(C)c2=O)=CN1. The number of aryl methyl sites for hydroxylation is 1. The Morgan fingerprint density at radius 3 is 2.81 bits per heavy atom. The van der Waals surface area contributed by atoms with E-state index >= 15 is 0 Å². The molecular formula is C23H26FN5O3. The number of pyridine rings is 2. The third kappa shape index (κ3) is 4.02. The number of nitrogens with one attached hydrogen (secondary N) is 2. The van der Waals surface area contributed by atoms with Crippen LogP contribution in [-0.2, 0) is 11.8 Å². The fourth-order valence-electron chi connectivity index (χ4n) is 3.96. The van der Waals surface area contributed by atoms with Gasteiger partial charge in [0.25, 0.3) is 5.56 Å². The first kappa shape index (κ1) is 21.7. The van der Waals surface area contributed by atoms with Crippen LogP contribution < -0.4 is 16.2 Å². The Bertz CT molecular complexity index is 1230. The summed E-state index contributed by atoms with van der Waals surface area (Å²) in [7, 11) is 1.66. The van der Waals surface area contributed by atoms with Crippen molar-refractivity contribution >= 4 is 33.9 Å². The van der Waals surface area contributed by atoms with Gasteiger partial charge in [-0.3, -0.25) is 9.59 Å². The lowest BCUT2D eigenvalue weighted by atomic mass is 9.93. The minimum Gasteiger partial charge on any atom is -0.411 e. The molecule has 1 fully saturated rings. The molecule has 3 heterocycles. The van der Waals surface area contributed by atoms with Crippen LogP contribution in [0.5, 0.6) is 0 Å². The van der Waals surface area contributed by atoms with Crippen LogP contribution in [0, 0.1) is 5.92 Å². The number of fused-ring (bicyclic) bond motifs is 1. The molecule has 0 bridgehead atoms. The number of allylic oxidation sites excluding steroid dienone is 2. The first-order valence-corrected chi connectivity index (χ1v) is 10.6. The van der Waals surface area contributed by atoms with Crippen molar-refractivity contribution < 1.29 is 14.4 Å². The van der Waals surface area contributed by atoms with Gasteiger partial charge >= 0.3 is 0 Å². The highest BCUT2D eigenvalue weighted by Gasteiger charge is 2.43. The number of dihydropyridines is 1. The number of amides is 1. The molecule has 2 aromatic rings. The second kappa shape index (κ2) is 8.57. The molecule has 1 aliphatic carbocycles. The first-order valence-electron chi connectivity index (χ1n) is 10.6. The van der Waals surface area contributed by atoms with Gasteiger partial charge < -0.3 is 20.4 Å². The molecule has 9 heteroatoms. The molecule has 4 rings (SSSR count). The summed E-state index contributed by atoms with van der Waals surface area (Å²) >= 11 is 0. The van der Waals surface area contributed by atoms with Gasteiger partial charge in [-0.25, -0.2) is 9.37 Å². The minimum absolute atomic E-state index is 0.198. The fourth-order valence-corrected chi connectivity index (χ4v) is 3.96. The molecule has 0 radical (unpaired) electrons. The van der Waals surface area contributed by atoms with Crippen molar-refractivity contribution in [2.45, 2.75) is 45.3 Å². The molecule has 2 aliphatic rings. The molecule has 3 unspecified atom stereocenters. The molecule has 2 aromatic heterocycles. The van der Waals surface area contributed by atoms with E-state index in [2.05, 4.69) is 20.8 Å². The summed E-state index contributed by atoms with van der Waals surface area (Å²) in [5.41, 5.74) is 3.20. The Morgan fingerprint density at radius 2 is 2.19 bits per heavy atom. The molecule has 0 spiro atoms. The summed E-state index contributed by atoms with van der Waals surface area (Å²) in [6.45, 7) is 3.93. The molecule has 3 atom stereocenters. The third-order valence-corrected chi connectivity index (χ3v) is 5.94. The molecule has 0 saturated heterocycles. The molecular weight excluding hydrogens is 413 g/mol. The van der Waals surface area contributed by atoms with Crippen LogP contribution in [0.25, 0.3) is 16.5 Å². The van der Waals surface area contributed by atoms with E-state index in [1.165, 1.54) is 4.57 Å². The van der Waals surface area contributed by atoms with Crippen molar-refractivity contribution in [3.8, 4) is 0 Å². The largest absolute Gasteiger partial charge is 0.411 e. The molecule has 1 amide bonds. The van der Waals surface area contributed by atoms with Gasteiger partial charge in [0.1, 0.15) is 12.0 Å². The number of oxime groups is 1. The number of halogens is 1. The molecule has 168 valence electrons. The van der Waals surface area contributed by atoms with Crippen LogP contribution in [0.15, 0.2) is 46.1 Å². The number of alkyl halides is 1. The highest BCUT2D eigenvalue weighted by Crippen LogP contribution is 2.34. The average Bonchev–Trinajstić information content (AvgIpc) is 3.52. The van der Waals surface area contributed by atoms with Gasteiger partial charge in [-0.05, 0) is 31.4 Å². The first-order chi connectivity index (χ1) is 15.3. The van der Waals surface area contributed by atoms with Crippen molar-refractivity contribution in [1.29, 1.82) is 0 Å². The number of nitrogens with zero attached hydrogens (tertiary/aromatic N) is 3. The summed E-state index contributed by atoms with van der Waals surface area (Å²) in [6, 6.07) is 3.17. The van der Waals surface area contributed by atoms with Crippen molar-refractivity contribution in [2.24, 2.45) is 18.1 Å². The molecule has 1 aliphatic heterocycles.